The van der Waals surface area contributed by atoms with Crippen LogP contribution in [0.2, 0.25) is 0 Å². The Kier molecular flexibility index (Phi) is 5.19. The topological polar surface area (TPSA) is 79.7 Å². The van der Waals surface area contributed by atoms with Gasteiger partial charge in [-0.1, -0.05) is 12.1 Å². The average molecular weight is 305 g/mol. The number of aliphatic hydroxyl groups excluding tert-OH is 1. The fraction of sp³-hybridized carbons (Fsp3) is 0.250. The van der Waals surface area contributed by atoms with Gasteiger partial charge in [-0.2, -0.15) is 0 Å². The van der Waals surface area contributed by atoms with Crippen LogP contribution in [-0.4, -0.2) is 27.6 Å². The first-order valence-electron chi connectivity index (χ1n) is 6.66. The second-order valence-electron chi connectivity index (χ2n) is 4.81. The Morgan fingerprint density at radius 2 is 1.95 bits per heavy atom. The molecule has 1 aromatic carbocycles. The van der Waals surface area contributed by atoms with Gasteiger partial charge in [0.05, 0.1) is 13.2 Å². The molecule has 22 heavy (non-hydrogen) atoms. The third-order valence-electron chi connectivity index (χ3n) is 3.26. The summed E-state index contributed by atoms with van der Waals surface area (Å²) in [5.41, 5.74) is 1.78. The van der Waals surface area contributed by atoms with Gasteiger partial charge >= 0.3 is 0 Å². The summed E-state index contributed by atoms with van der Waals surface area (Å²) in [5.74, 6) is -1.20. The number of aromatic hydroxyl groups is 1. The largest absolute Gasteiger partial charge is 0.505 e. The number of ketones is 1. The number of Topliss-reactive ketones (excluding diaryl/α,β-unsaturated/α-hetero) is 1. The Labute approximate surface area is 127 Å². The first kappa shape index (κ1) is 16.1. The minimum absolute atomic E-state index is 0.151. The summed E-state index contributed by atoms with van der Waals surface area (Å²) in [5, 5.41) is 18.7. The molecule has 2 aromatic rings. The summed E-state index contributed by atoms with van der Waals surface area (Å²) in [7, 11) is 0. The maximum atomic E-state index is 12.8. The highest BCUT2D eigenvalue weighted by molar-refractivity contribution is 5.97. The standard InChI is InChI=1S/C16H16FNO4/c1-10-12(6-18-15(16(10)21)14(20)7-19)9-22-8-11-2-4-13(17)5-3-11/h2-6,19,21H,7-9H2,1H3. The lowest BCUT2D eigenvalue weighted by atomic mass is 10.1. The highest BCUT2D eigenvalue weighted by Gasteiger charge is 2.16. The molecule has 0 radical (unpaired) electrons. The van der Waals surface area contributed by atoms with Crippen molar-refractivity contribution in [3.05, 3.63) is 58.7 Å². The quantitative estimate of drug-likeness (QED) is 0.799. The van der Waals surface area contributed by atoms with Crippen molar-refractivity contribution in [2.24, 2.45) is 0 Å². The zero-order valence-electron chi connectivity index (χ0n) is 12.0. The maximum Gasteiger partial charge on any atom is 0.210 e. The fourth-order valence-electron chi connectivity index (χ4n) is 1.91. The van der Waals surface area contributed by atoms with E-state index in [1.54, 1.807) is 19.1 Å². The summed E-state index contributed by atoms with van der Waals surface area (Å²) in [6, 6.07) is 5.96. The van der Waals surface area contributed by atoms with Crippen LogP contribution in [0.5, 0.6) is 5.75 Å². The van der Waals surface area contributed by atoms with Crippen LogP contribution in [0, 0.1) is 12.7 Å². The Bertz CT molecular complexity index is 671. The van der Waals surface area contributed by atoms with Gasteiger partial charge in [0, 0.05) is 17.3 Å². The SMILES string of the molecule is Cc1c(COCc2ccc(F)cc2)cnc(C(=O)CO)c1O. The van der Waals surface area contributed by atoms with Crippen molar-refractivity contribution in [1.29, 1.82) is 0 Å². The van der Waals surface area contributed by atoms with Crippen molar-refractivity contribution >= 4 is 5.78 Å². The first-order valence-corrected chi connectivity index (χ1v) is 6.66. The molecule has 5 nitrogen and oxygen atoms in total. The molecule has 0 amide bonds. The van der Waals surface area contributed by atoms with Crippen molar-refractivity contribution in [2.45, 2.75) is 20.1 Å². The van der Waals surface area contributed by atoms with Crippen LogP contribution >= 0.6 is 0 Å². The molecule has 6 heteroatoms. The van der Waals surface area contributed by atoms with E-state index in [0.29, 0.717) is 11.1 Å². The van der Waals surface area contributed by atoms with E-state index in [1.807, 2.05) is 0 Å². The molecular weight excluding hydrogens is 289 g/mol. The molecule has 0 unspecified atom stereocenters. The average Bonchev–Trinajstić information content (AvgIpc) is 2.53. The van der Waals surface area contributed by atoms with Crippen LogP contribution in [0.25, 0.3) is 0 Å². The number of aliphatic hydroxyl groups is 1. The zero-order chi connectivity index (χ0) is 16.1. The third kappa shape index (κ3) is 3.66. The number of halogens is 1. The summed E-state index contributed by atoms with van der Waals surface area (Å²) in [6.07, 6.45) is 1.43. The smallest absolute Gasteiger partial charge is 0.210 e. The highest BCUT2D eigenvalue weighted by atomic mass is 19.1. The van der Waals surface area contributed by atoms with Crippen molar-refractivity contribution in [3.8, 4) is 5.75 Å². The summed E-state index contributed by atoms with van der Waals surface area (Å²) in [6.45, 7) is 1.41. The molecule has 0 aliphatic heterocycles. The highest BCUT2D eigenvalue weighted by Crippen LogP contribution is 2.24. The van der Waals surface area contributed by atoms with Crippen LogP contribution in [0.1, 0.15) is 27.2 Å². The maximum absolute atomic E-state index is 12.8. The number of aromatic nitrogens is 1. The number of carbonyl (C=O) groups excluding carboxylic acids is 1. The van der Waals surface area contributed by atoms with Gasteiger partial charge in [-0.05, 0) is 24.6 Å². The fourth-order valence-corrected chi connectivity index (χ4v) is 1.91. The van der Waals surface area contributed by atoms with Crippen LogP contribution in [0.3, 0.4) is 0 Å². The normalized spacial score (nSPS) is 10.7. The Morgan fingerprint density at radius 3 is 2.59 bits per heavy atom. The van der Waals surface area contributed by atoms with E-state index in [9.17, 15) is 14.3 Å². The summed E-state index contributed by atoms with van der Waals surface area (Å²) in [4.78, 5) is 15.2. The third-order valence-corrected chi connectivity index (χ3v) is 3.26. The van der Waals surface area contributed by atoms with Crippen LogP contribution in [0.4, 0.5) is 4.39 Å². The lowest BCUT2D eigenvalue weighted by molar-refractivity contribution is 0.0894. The molecule has 1 heterocycles. The molecule has 0 saturated heterocycles. The number of hydrogen-bond acceptors (Lipinski definition) is 5. The molecule has 0 saturated carbocycles. The number of ether oxygens (including phenoxy) is 1. The molecular formula is C16H16FNO4. The first-order chi connectivity index (χ1) is 10.5. The second-order valence-corrected chi connectivity index (χ2v) is 4.81. The molecule has 0 bridgehead atoms. The van der Waals surface area contributed by atoms with Gasteiger partial charge in [0.25, 0.3) is 0 Å². The predicted molar refractivity (Wildman–Crippen MR) is 76.9 cm³/mol. The van der Waals surface area contributed by atoms with Gasteiger partial charge in [-0.3, -0.25) is 4.79 Å². The van der Waals surface area contributed by atoms with E-state index in [4.69, 9.17) is 9.84 Å². The zero-order valence-corrected chi connectivity index (χ0v) is 12.0. The van der Waals surface area contributed by atoms with Crippen LogP contribution in [-0.2, 0) is 18.0 Å². The van der Waals surface area contributed by atoms with Crippen molar-refractivity contribution in [1.82, 2.24) is 4.98 Å². The molecule has 0 spiro atoms. The van der Waals surface area contributed by atoms with Gasteiger partial charge in [0.1, 0.15) is 18.2 Å². The molecule has 116 valence electrons. The summed E-state index contributed by atoms with van der Waals surface area (Å²) >= 11 is 0. The van der Waals surface area contributed by atoms with E-state index >= 15 is 0 Å². The number of pyridine rings is 1. The van der Waals surface area contributed by atoms with Gasteiger partial charge in [-0.25, -0.2) is 9.37 Å². The minimum Gasteiger partial charge on any atom is -0.505 e. The van der Waals surface area contributed by atoms with E-state index in [2.05, 4.69) is 4.98 Å². The number of nitrogens with zero attached hydrogens (tertiary/aromatic N) is 1. The summed E-state index contributed by atoms with van der Waals surface area (Å²) < 4.78 is 18.3. The van der Waals surface area contributed by atoms with E-state index in [-0.39, 0.29) is 30.5 Å². The van der Waals surface area contributed by atoms with E-state index < -0.39 is 12.4 Å². The number of rotatable bonds is 6. The lowest BCUT2D eigenvalue weighted by Gasteiger charge is -2.10. The van der Waals surface area contributed by atoms with E-state index in [0.717, 1.165) is 5.56 Å². The lowest BCUT2D eigenvalue weighted by Crippen LogP contribution is -2.09. The Balaban J connectivity index is 2.03. The van der Waals surface area contributed by atoms with Gasteiger partial charge in [-0.15, -0.1) is 0 Å². The minimum atomic E-state index is -0.708. The Morgan fingerprint density at radius 1 is 1.27 bits per heavy atom. The molecule has 0 atom stereocenters. The number of hydrogen-bond donors (Lipinski definition) is 2. The van der Waals surface area contributed by atoms with Gasteiger partial charge in [0.15, 0.2) is 5.69 Å². The van der Waals surface area contributed by atoms with Crippen molar-refractivity contribution in [3.63, 3.8) is 0 Å². The number of benzene rings is 1. The van der Waals surface area contributed by atoms with Gasteiger partial charge < -0.3 is 14.9 Å². The van der Waals surface area contributed by atoms with Crippen molar-refractivity contribution < 1.29 is 24.1 Å². The molecule has 0 fully saturated rings. The predicted octanol–water partition coefficient (Wildman–Crippen LogP) is 2.13. The van der Waals surface area contributed by atoms with E-state index in [1.165, 1.54) is 18.3 Å². The molecule has 0 aliphatic rings. The molecule has 0 aliphatic carbocycles. The van der Waals surface area contributed by atoms with Gasteiger partial charge in [0.2, 0.25) is 5.78 Å². The molecule has 2 rings (SSSR count). The molecule has 2 N–H and O–H groups in total. The Hall–Kier alpha value is -2.31. The monoisotopic (exact) mass is 305 g/mol. The molecule has 1 aromatic heterocycles. The van der Waals surface area contributed by atoms with Crippen molar-refractivity contribution in [2.75, 3.05) is 6.61 Å². The van der Waals surface area contributed by atoms with Crippen LogP contribution in [0.15, 0.2) is 30.5 Å². The number of carbonyl (C=O) groups is 1. The van der Waals surface area contributed by atoms with Crippen LogP contribution < -0.4 is 0 Å². The second kappa shape index (κ2) is 7.11.